The molecule has 0 aliphatic carbocycles. The number of likely N-dealkylation sites (tertiary alicyclic amines) is 1. The minimum absolute atomic E-state index is 0.00523. The van der Waals surface area contributed by atoms with Crippen LogP contribution in [0.5, 0.6) is 0 Å². The van der Waals surface area contributed by atoms with Gasteiger partial charge in [0.2, 0.25) is 15.9 Å². The predicted molar refractivity (Wildman–Crippen MR) is 106 cm³/mol. The van der Waals surface area contributed by atoms with Gasteiger partial charge in [-0.05, 0) is 55.5 Å². The van der Waals surface area contributed by atoms with Gasteiger partial charge in [0.05, 0.1) is 6.04 Å². The fourth-order valence-corrected chi connectivity index (χ4v) is 5.89. The molecule has 2 aliphatic rings. The number of sulfonamides is 1. The number of hydrogen-bond acceptors (Lipinski definition) is 4. The van der Waals surface area contributed by atoms with Crippen LogP contribution in [0.15, 0.2) is 47.6 Å². The molecule has 3 heterocycles. The quantitative estimate of drug-likeness (QED) is 0.740. The van der Waals surface area contributed by atoms with Crippen LogP contribution in [0.4, 0.5) is 8.78 Å². The van der Waals surface area contributed by atoms with Crippen molar-refractivity contribution in [2.45, 2.75) is 36.6 Å². The fraction of sp³-hybridized carbons (Fsp3) is 0.429. The van der Waals surface area contributed by atoms with E-state index in [0.717, 1.165) is 34.8 Å². The summed E-state index contributed by atoms with van der Waals surface area (Å²) in [7, 11) is -4.15. The monoisotopic (exact) mass is 435 g/mol. The lowest BCUT2D eigenvalue weighted by Crippen LogP contribution is -2.44. The van der Waals surface area contributed by atoms with Gasteiger partial charge in [-0.3, -0.25) is 9.78 Å². The lowest BCUT2D eigenvalue weighted by Gasteiger charge is -2.34. The van der Waals surface area contributed by atoms with E-state index in [0.29, 0.717) is 25.5 Å². The van der Waals surface area contributed by atoms with Gasteiger partial charge in [0.25, 0.3) is 0 Å². The lowest BCUT2D eigenvalue weighted by molar-refractivity contribution is -0.137. The molecule has 9 heteroatoms. The highest BCUT2D eigenvalue weighted by Crippen LogP contribution is 2.35. The number of halogens is 2. The summed E-state index contributed by atoms with van der Waals surface area (Å²) in [6.07, 6.45) is 5.97. The summed E-state index contributed by atoms with van der Waals surface area (Å²) in [5.41, 5.74) is 1.00. The SMILES string of the molecule is O=C(C1CCN(S(=O)(=O)c2cc(F)ccc2F)CC1)N1CCCC1c1cccnc1. The molecule has 30 heavy (non-hydrogen) atoms. The van der Waals surface area contributed by atoms with Gasteiger partial charge in [0.1, 0.15) is 16.5 Å². The summed E-state index contributed by atoms with van der Waals surface area (Å²) < 4.78 is 54.1. The zero-order valence-electron chi connectivity index (χ0n) is 16.4. The Hall–Kier alpha value is -2.39. The maximum Gasteiger partial charge on any atom is 0.246 e. The Labute approximate surface area is 174 Å². The van der Waals surface area contributed by atoms with Crippen molar-refractivity contribution >= 4 is 15.9 Å². The standard InChI is InChI=1S/C21H23F2N3O3S/c22-17-5-6-18(23)20(13-17)30(28,29)25-11-7-15(8-12-25)21(27)26-10-2-4-19(26)16-3-1-9-24-14-16/h1,3,5-6,9,13-15,19H,2,4,7-8,10-12H2. The summed E-state index contributed by atoms with van der Waals surface area (Å²) >= 11 is 0. The van der Waals surface area contributed by atoms with Gasteiger partial charge in [-0.15, -0.1) is 0 Å². The Bertz CT molecular complexity index is 1030. The second kappa shape index (κ2) is 8.39. The van der Waals surface area contributed by atoms with Gasteiger partial charge in [-0.1, -0.05) is 6.07 Å². The van der Waals surface area contributed by atoms with Crippen LogP contribution in [0.1, 0.15) is 37.3 Å². The third-order valence-corrected chi connectivity index (χ3v) is 7.83. The van der Waals surface area contributed by atoms with Gasteiger partial charge < -0.3 is 4.90 Å². The first-order valence-electron chi connectivity index (χ1n) is 10.0. The van der Waals surface area contributed by atoms with Gasteiger partial charge in [0, 0.05) is 37.9 Å². The van der Waals surface area contributed by atoms with E-state index in [-0.39, 0.29) is 31.0 Å². The van der Waals surface area contributed by atoms with Crippen molar-refractivity contribution in [3.63, 3.8) is 0 Å². The smallest absolute Gasteiger partial charge is 0.246 e. The Morgan fingerprint density at radius 1 is 1.07 bits per heavy atom. The number of piperidine rings is 1. The Kier molecular flexibility index (Phi) is 5.84. The van der Waals surface area contributed by atoms with Gasteiger partial charge in [-0.25, -0.2) is 17.2 Å². The normalized spacial score (nSPS) is 21.1. The summed E-state index contributed by atoms with van der Waals surface area (Å²) in [6.45, 7) is 0.867. The molecule has 0 radical (unpaired) electrons. The van der Waals surface area contributed by atoms with Crippen molar-refractivity contribution < 1.29 is 22.0 Å². The number of carbonyl (C=O) groups excluding carboxylic acids is 1. The highest BCUT2D eigenvalue weighted by atomic mass is 32.2. The predicted octanol–water partition coefficient (Wildman–Crippen LogP) is 3.12. The molecule has 2 fully saturated rings. The highest BCUT2D eigenvalue weighted by molar-refractivity contribution is 7.89. The molecule has 1 aromatic carbocycles. The van der Waals surface area contributed by atoms with E-state index in [1.54, 1.807) is 12.4 Å². The second-order valence-corrected chi connectivity index (χ2v) is 9.64. The average Bonchev–Trinajstić information content (AvgIpc) is 3.25. The molecule has 2 aromatic rings. The van der Waals surface area contributed by atoms with Crippen molar-refractivity contribution in [2.24, 2.45) is 5.92 Å². The van der Waals surface area contributed by atoms with Gasteiger partial charge in [0.15, 0.2) is 0 Å². The van der Waals surface area contributed by atoms with Gasteiger partial charge in [-0.2, -0.15) is 4.31 Å². The van der Waals surface area contributed by atoms with Crippen LogP contribution < -0.4 is 0 Å². The molecular weight excluding hydrogens is 412 g/mol. The summed E-state index contributed by atoms with van der Waals surface area (Å²) in [6, 6.07) is 6.20. The Morgan fingerprint density at radius 3 is 2.53 bits per heavy atom. The number of carbonyl (C=O) groups is 1. The van der Waals surface area contributed by atoms with E-state index >= 15 is 0 Å². The minimum Gasteiger partial charge on any atom is -0.335 e. The van der Waals surface area contributed by atoms with Crippen LogP contribution in [0.25, 0.3) is 0 Å². The fourth-order valence-electron chi connectivity index (χ4n) is 4.34. The number of pyridine rings is 1. The minimum atomic E-state index is -4.15. The molecule has 6 nitrogen and oxygen atoms in total. The number of amides is 1. The maximum absolute atomic E-state index is 14.0. The molecule has 0 N–H and O–H groups in total. The molecule has 1 amide bonds. The largest absolute Gasteiger partial charge is 0.335 e. The summed E-state index contributed by atoms with van der Waals surface area (Å²) in [5.74, 6) is -2.05. The van der Waals surface area contributed by atoms with E-state index < -0.39 is 26.6 Å². The van der Waals surface area contributed by atoms with Crippen LogP contribution >= 0.6 is 0 Å². The second-order valence-electron chi connectivity index (χ2n) is 7.73. The molecule has 160 valence electrons. The molecule has 0 bridgehead atoms. The van der Waals surface area contributed by atoms with Crippen molar-refractivity contribution in [1.29, 1.82) is 0 Å². The van der Waals surface area contributed by atoms with Crippen LogP contribution in [0.2, 0.25) is 0 Å². The molecule has 1 unspecified atom stereocenters. The van der Waals surface area contributed by atoms with Crippen LogP contribution in [0.3, 0.4) is 0 Å². The topological polar surface area (TPSA) is 70.6 Å². The van der Waals surface area contributed by atoms with Crippen molar-refractivity contribution in [3.8, 4) is 0 Å². The van der Waals surface area contributed by atoms with Crippen LogP contribution in [-0.4, -0.2) is 48.1 Å². The van der Waals surface area contributed by atoms with E-state index in [1.807, 2.05) is 17.0 Å². The van der Waals surface area contributed by atoms with Crippen molar-refractivity contribution in [2.75, 3.05) is 19.6 Å². The Morgan fingerprint density at radius 2 is 1.83 bits per heavy atom. The Balaban J connectivity index is 1.44. The molecule has 0 spiro atoms. The number of nitrogens with zero attached hydrogens (tertiary/aromatic N) is 3. The third-order valence-electron chi connectivity index (χ3n) is 5.92. The van der Waals surface area contributed by atoms with E-state index in [1.165, 1.54) is 0 Å². The van der Waals surface area contributed by atoms with Crippen molar-refractivity contribution in [3.05, 3.63) is 59.9 Å². The van der Waals surface area contributed by atoms with Crippen LogP contribution in [-0.2, 0) is 14.8 Å². The molecule has 0 saturated carbocycles. The lowest BCUT2D eigenvalue weighted by atomic mass is 9.95. The number of rotatable bonds is 4. The van der Waals surface area contributed by atoms with Gasteiger partial charge >= 0.3 is 0 Å². The molecule has 1 aromatic heterocycles. The summed E-state index contributed by atoms with van der Waals surface area (Å²) in [4.78, 5) is 18.5. The molecular formula is C21H23F2N3O3S. The highest BCUT2D eigenvalue weighted by Gasteiger charge is 2.38. The van der Waals surface area contributed by atoms with E-state index in [9.17, 15) is 22.0 Å². The zero-order chi connectivity index (χ0) is 21.3. The zero-order valence-corrected chi connectivity index (χ0v) is 17.2. The van der Waals surface area contributed by atoms with Crippen molar-refractivity contribution in [1.82, 2.24) is 14.2 Å². The van der Waals surface area contributed by atoms with E-state index in [2.05, 4.69) is 4.98 Å². The summed E-state index contributed by atoms with van der Waals surface area (Å²) in [5, 5.41) is 0. The number of aromatic nitrogens is 1. The molecule has 2 aliphatic heterocycles. The number of benzene rings is 1. The molecule has 4 rings (SSSR count). The maximum atomic E-state index is 14.0. The average molecular weight is 435 g/mol. The van der Waals surface area contributed by atoms with Crippen LogP contribution in [0, 0.1) is 17.6 Å². The van der Waals surface area contributed by atoms with E-state index in [4.69, 9.17) is 0 Å². The first-order valence-corrected chi connectivity index (χ1v) is 11.5. The number of hydrogen-bond donors (Lipinski definition) is 0. The first-order chi connectivity index (χ1) is 14.4. The molecule has 1 atom stereocenters. The molecule has 2 saturated heterocycles. The third kappa shape index (κ3) is 3.96. The first kappa shape index (κ1) is 20.9.